The molecule has 3 N–H and O–H groups in total. The van der Waals surface area contributed by atoms with Crippen molar-refractivity contribution >= 4 is 17.8 Å². The van der Waals surface area contributed by atoms with E-state index < -0.39 is 11.9 Å². The van der Waals surface area contributed by atoms with Gasteiger partial charge in [-0.3, -0.25) is 9.59 Å². The van der Waals surface area contributed by atoms with Gasteiger partial charge in [-0.1, -0.05) is 0 Å². The number of anilines is 1. The van der Waals surface area contributed by atoms with Gasteiger partial charge < -0.3 is 25.2 Å². The van der Waals surface area contributed by atoms with Crippen molar-refractivity contribution in [1.82, 2.24) is 10.3 Å². The number of hydrogen-bond acceptors (Lipinski definition) is 6. The maximum absolute atomic E-state index is 9.64. The topological polar surface area (TPSA) is 112 Å². The number of aliphatic carboxylic acids is 2. The summed E-state index contributed by atoms with van der Waals surface area (Å²) in [5, 5.41) is 19.1. The molecule has 140 valence electrons. The molecule has 0 saturated carbocycles. The fourth-order valence-electron chi connectivity index (χ4n) is 2.01. The van der Waals surface area contributed by atoms with Crippen LogP contribution in [0.3, 0.4) is 0 Å². The number of ether oxygens (including phenoxy) is 1. The van der Waals surface area contributed by atoms with E-state index >= 15 is 0 Å². The molecule has 1 aromatic heterocycles. The highest BCUT2D eigenvalue weighted by molar-refractivity contribution is 5.75. The second-order valence-corrected chi connectivity index (χ2v) is 6.19. The lowest BCUT2D eigenvalue weighted by atomic mass is 10.2. The number of nitrogens with zero attached hydrogens (tertiary/aromatic N) is 2. The molecule has 1 aliphatic rings. The van der Waals surface area contributed by atoms with E-state index in [9.17, 15) is 9.59 Å². The number of aromatic nitrogens is 1. The lowest BCUT2D eigenvalue weighted by Gasteiger charge is -2.23. The number of carbonyl (C=O) groups is 2. The average Bonchev–Trinajstić information content (AvgIpc) is 2.72. The monoisotopic (exact) mass is 353 g/mol. The molecule has 0 aliphatic carbocycles. The van der Waals surface area contributed by atoms with Crippen LogP contribution in [0.1, 0.15) is 39.2 Å². The van der Waals surface area contributed by atoms with Crippen LogP contribution in [0.5, 0.6) is 5.88 Å². The number of carboxylic acids is 2. The van der Waals surface area contributed by atoms with Crippen LogP contribution in [0.4, 0.5) is 5.82 Å². The summed E-state index contributed by atoms with van der Waals surface area (Å²) in [6, 6.07) is 4.59. The Bertz CT molecular complexity index is 578. The minimum Gasteiger partial charge on any atom is -0.481 e. The molecule has 0 radical (unpaired) electrons. The normalized spacial score (nSPS) is 16.0. The summed E-state index contributed by atoms with van der Waals surface area (Å²) in [6.07, 6.45) is -0.423. The minimum atomic E-state index is -1.08. The second-order valence-electron chi connectivity index (χ2n) is 6.19. The maximum atomic E-state index is 9.64. The fraction of sp³-hybridized carbons (Fsp3) is 0.588. The van der Waals surface area contributed by atoms with Crippen molar-refractivity contribution in [3.8, 4) is 5.88 Å². The first-order valence-corrected chi connectivity index (χ1v) is 8.24. The first kappa shape index (κ1) is 20.7. The Morgan fingerprint density at radius 3 is 2.44 bits per heavy atom. The molecule has 1 aliphatic heterocycles. The number of fused-ring (bicyclic) bond motifs is 1. The summed E-state index contributed by atoms with van der Waals surface area (Å²) in [5.74, 6) is -0.417. The Labute approximate surface area is 147 Å². The van der Waals surface area contributed by atoms with Gasteiger partial charge in [0.05, 0.1) is 12.8 Å². The van der Waals surface area contributed by atoms with E-state index in [1.165, 1.54) is 0 Å². The largest absolute Gasteiger partial charge is 0.481 e. The van der Waals surface area contributed by atoms with E-state index in [1.807, 2.05) is 0 Å². The van der Waals surface area contributed by atoms with Crippen molar-refractivity contribution in [2.24, 2.45) is 0 Å². The van der Waals surface area contributed by atoms with Gasteiger partial charge >= 0.3 is 11.9 Å². The molecular weight excluding hydrogens is 326 g/mol. The van der Waals surface area contributed by atoms with Gasteiger partial charge in [-0.25, -0.2) is 0 Å². The molecule has 8 nitrogen and oxygen atoms in total. The van der Waals surface area contributed by atoms with E-state index in [0.717, 1.165) is 30.4 Å². The van der Waals surface area contributed by atoms with Crippen LogP contribution < -0.4 is 15.0 Å². The molecule has 0 saturated heterocycles. The Balaban J connectivity index is 0.000000333. The highest BCUT2D eigenvalue weighted by atomic mass is 16.5. The van der Waals surface area contributed by atoms with Crippen LogP contribution >= 0.6 is 0 Å². The zero-order chi connectivity index (χ0) is 19.0. The van der Waals surface area contributed by atoms with Crippen LogP contribution in [0.25, 0.3) is 0 Å². The first-order chi connectivity index (χ1) is 11.7. The summed E-state index contributed by atoms with van der Waals surface area (Å²) < 4.78 is 5.83. The minimum absolute atomic E-state index is 0.170. The summed E-state index contributed by atoms with van der Waals surface area (Å²) in [6.45, 7) is 8.06. The van der Waals surface area contributed by atoms with E-state index in [-0.39, 0.29) is 18.9 Å². The second kappa shape index (κ2) is 9.83. The van der Waals surface area contributed by atoms with Crippen molar-refractivity contribution in [2.75, 3.05) is 18.5 Å². The molecule has 0 bridgehead atoms. The zero-order valence-electron chi connectivity index (χ0n) is 15.2. The third-order valence-electron chi connectivity index (χ3n) is 3.67. The molecule has 25 heavy (non-hydrogen) atoms. The van der Waals surface area contributed by atoms with Crippen molar-refractivity contribution in [2.45, 2.75) is 52.3 Å². The standard InChI is InChI=1S/C13H21N3O.C4H6O4/c1-9(2)16(4)12-6-5-11-8-14-7-10(3)17-13(11)15-12;5-3(6)1-2-4(7)8/h5-6,9-10,14H,7-8H2,1-4H3;1-2H2,(H,5,6)(H,7,8)/t10-;/m0./s1. The fourth-order valence-corrected chi connectivity index (χ4v) is 2.01. The third kappa shape index (κ3) is 7.38. The number of rotatable bonds is 5. The van der Waals surface area contributed by atoms with Crippen LogP contribution in [0.15, 0.2) is 12.1 Å². The quantitative estimate of drug-likeness (QED) is 0.734. The summed E-state index contributed by atoms with van der Waals surface area (Å²) >= 11 is 0. The third-order valence-corrected chi connectivity index (χ3v) is 3.67. The maximum Gasteiger partial charge on any atom is 0.303 e. The number of carboxylic acid groups (broad SMARTS) is 2. The molecule has 2 rings (SSSR count). The van der Waals surface area contributed by atoms with Gasteiger partial charge in [-0.15, -0.1) is 0 Å². The van der Waals surface area contributed by atoms with E-state index in [1.54, 1.807) is 0 Å². The molecule has 8 heteroatoms. The number of hydrogen-bond donors (Lipinski definition) is 3. The van der Waals surface area contributed by atoms with Crippen molar-refractivity contribution in [3.63, 3.8) is 0 Å². The Hall–Kier alpha value is -2.35. The molecule has 0 amide bonds. The molecule has 1 aromatic rings. The lowest BCUT2D eigenvalue weighted by molar-refractivity contribution is -0.143. The predicted molar refractivity (Wildman–Crippen MR) is 94.1 cm³/mol. The molecule has 0 spiro atoms. The molecule has 1 atom stereocenters. The van der Waals surface area contributed by atoms with E-state index in [2.05, 4.69) is 55.2 Å². The van der Waals surface area contributed by atoms with Gasteiger partial charge in [-0.05, 0) is 32.9 Å². The van der Waals surface area contributed by atoms with Crippen molar-refractivity contribution in [1.29, 1.82) is 0 Å². The van der Waals surface area contributed by atoms with Gasteiger partial charge in [0.15, 0.2) is 0 Å². The van der Waals surface area contributed by atoms with Crippen LogP contribution in [0.2, 0.25) is 0 Å². The molecular formula is C17H27N3O5. The predicted octanol–water partition coefficient (Wildman–Crippen LogP) is 1.73. The SMILES string of the molecule is CC(C)N(C)c1ccc2c(n1)O[C@@H](C)CNC2.O=C(O)CCC(=O)O. The summed E-state index contributed by atoms with van der Waals surface area (Å²) in [5.41, 5.74) is 1.13. The number of pyridine rings is 1. The lowest BCUT2D eigenvalue weighted by Crippen LogP contribution is -2.27. The van der Waals surface area contributed by atoms with Crippen LogP contribution in [0, 0.1) is 0 Å². The van der Waals surface area contributed by atoms with Gasteiger partial charge in [0, 0.05) is 31.7 Å². The van der Waals surface area contributed by atoms with Crippen molar-refractivity contribution in [3.05, 3.63) is 17.7 Å². The number of nitrogens with one attached hydrogen (secondary N) is 1. The van der Waals surface area contributed by atoms with Gasteiger partial charge in [0.2, 0.25) is 5.88 Å². The van der Waals surface area contributed by atoms with Gasteiger partial charge in [0.1, 0.15) is 11.9 Å². The molecule has 0 fully saturated rings. The van der Waals surface area contributed by atoms with Gasteiger partial charge in [-0.2, -0.15) is 4.98 Å². The smallest absolute Gasteiger partial charge is 0.303 e. The Morgan fingerprint density at radius 1 is 1.32 bits per heavy atom. The average molecular weight is 353 g/mol. The molecule has 2 heterocycles. The Kier molecular flexibility index (Phi) is 8.13. The first-order valence-electron chi connectivity index (χ1n) is 8.24. The van der Waals surface area contributed by atoms with E-state index in [0.29, 0.717) is 6.04 Å². The zero-order valence-corrected chi connectivity index (χ0v) is 15.2. The molecule has 0 aromatic carbocycles. The highest BCUT2D eigenvalue weighted by Crippen LogP contribution is 2.24. The summed E-state index contributed by atoms with van der Waals surface area (Å²) in [7, 11) is 2.05. The highest BCUT2D eigenvalue weighted by Gasteiger charge is 2.17. The van der Waals surface area contributed by atoms with E-state index in [4.69, 9.17) is 14.9 Å². The van der Waals surface area contributed by atoms with Crippen LogP contribution in [-0.2, 0) is 16.1 Å². The van der Waals surface area contributed by atoms with Crippen molar-refractivity contribution < 1.29 is 24.5 Å². The summed E-state index contributed by atoms with van der Waals surface area (Å²) in [4.78, 5) is 26.0. The Morgan fingerprint density at radius 2 is 1.92 bits per heavy atom. The van der Waals surface area contributed by atoms with Crippen LogP contribution in [-0.4, -0.2) is 52.9 Å². The molecule has 0 unspecified atom stereocenters. The van der Waals surface area contributed by atoms with Gasteiger partial charge in [0.25, 0.3) is 0 Å².